The SMILES string of the molecule is O=C(c1ccccc1F)N1CCN(c2oc(-c3ccccc3)nc2S(=O)(=O)c2ccccc2)CC1. The average molecular weight is 492 g/mol. The number of hydrogen-bond donors (Lipinski definition) is 0. The van der Waals surface area contributed by atoms with Crippen molar-refractivity contribution in [2.45, 2.75) is 9.92 Å². The second-order valence-corrected chi connectivity index (χ2v) is 9.94. The van der Waals surface area contributed by atoms with E-state index < -0.39 is 21.6 Å². The number of carbonyl (C=O) groups excluding carboxylic acids is 1. The van der Waals surface area contributed by atoms with Gasteiger partial charge < -0.3 is 14.2 Å². The summed E-state index contributed by atoms with van der Waals surface area (Å²) in [7, 11) is -3.96. The standard InChI is InChI=1S/C26H22FN3O4S/c27-22-14-8-7-13-21(22)25(31)29-15-17-30(18-16-29)26-24(35(32,33)20-11-5-2-6-12-20)28-23(34-26)19-9-3-1-4-10-19/h1-14H,15-18H2. The fourth-order valence-corrected chi connectivity index (χ4v) is 5.35. The van der Waals surface area contributed by atoms with Crippen molar-refractivity contribution in [1.29, 1.82) is 0 Å². The highest BCUT2D eigenvalue weighted by atomic mass is 32.2. The summed E-state index contributed by atoms with van der Waals surface area (Å²) >= 11 is 0. The fourth-order valence-electron chi connectivity index (χ4n) is 4.01. The van der Waals surface area contributed by atoms with Crippen molar-refractivity contribution in [1.82, 2.24) is 9.88 Å². The monoisotopic (exact) mass is 491 g/mol. The van der Waals surface area contributed by atoms with E-state index in [1.165, 1.54) is 30.3 Å². The Kier molecular flexibility index (Phi) is 6.08. The lowest BCUT2D eigenvalue weighted by atomic mass is 10.1. The number of rotatable bonds is 5. The molecule has 0 radical (unpaired) electrons. The van der Waals surface area contributed by atoms with Crippen LogP contribution in [0.15, 0.2) is 99.3 Å². The molecule has 1 aromatic heterocycles. The molecule has 0 aliphatic carbocycles. The van der Waals surface area contributed by atoms with Gasteiger partial charge in [-0.3, -0.25) is 4.79 Å². The first kappa shape index (κ1) is 22.8. The Morgan fingerprint density at radius 1 is 0.829 bits per heavy atom. The number of nitrogens with zero attached hydrogens (tertiary/aromatic N) is 3. The van der Waals surface area contributed by atoms with Crippen molar-refractivity contribution in [3.8, 4) is 11.5 Å². The molecule has 35 heavy (non-hydrogen) atoms. The molecule has 1 saturated heterocycles. The highest BCUT2D eigenvalue weighted by molar-refractivity contribution is 7.91. The quantitative estimate of drug-likeness (QED) is 0.415. The summed E-state index contributed by atoms with van der Waals surface area (Å²) in [5.41, 5.74) is 0.663. The molecule has 2 heterocycles. The van der Waals surface area contributed by atoms with Gasteiger partial charge in [-0.25, -0.2) is 12.8 Å². The Balaban J connectivity index is 1.46. The molecule has 0 spiro atoms. The minimum absolute atomic E-state index is 0.0133. The number of anilines is 1. The third kappa shape index (κ3) is 4.42. The van der Waals surface area contributed by atoms with Gasteiger partial charge in [0, 0.05) is 31.7 Å². The predicted molar refractivity (Wildman–Crippen MR) is 128 cm³/mol. The lowest BCUT2D eigenvalue weighted by Gasteiger charge is -2.34. The Morgan fingerprint density at radius 3 is 2.09 bits per heavy atom. The molecule has 0 N–H and O–H groups in total. The molecule has 1 aliphatic heterocycles. The zero-order valence-corrected chi connectivity index (χ0v) is 19.5. The van der Waals surface area contributed by atoms with Crippen molar-refractivity contribution in [3.05, 3.63) is 96.3 Å². The van der Waals surface area contributed by atoms with Crippen molar-refractivity contribution in [2.75, 3.05) is 31.1 Å². The molecule has 0 unspecified atom stereocenters. The van der Waals surface area contributed by atoms with Gasteiger partial charge in [-0.15, -0.1) is 0 Å². The molecule has 178 valence electrons. The number of aromatic nitrogens is 1. The number of hydrogen-bond acceptors (Lipinski definition) is 6. The molecule has 9 heteroatoms. The summed E-state index contributed by atoms with van der Waals surface area (Å²) < 4.78 is 47.1. The minimum atomic E-state index is -3.96. The lowest BCUT2D eigenvalue weighted by molar-refractivity contribution is 0.0740. The molecule has 1 fully saturated rings. The number of amides is 1. The van der Waals surface area contributed by atoms with Gasteiger partial charge in [-0.1, -0.05) is 48.5 Å². The Labute approximate surface area is 202 Å². The van der Waals surface area contributed by atoms with Crippen LogP contribution < -0.4 is 4.90 Å². The van der Waals surface area contributed by atoms with E-state index in [-0.39, 0.29) is 40.3 Å². The number of benzene rings is 3. The molecular formula is C26H22FN3O4S. The molecule has 3 aromatic carbocycles. The summed E-state index contributed by atoms with van der Waals surface area (Å²) in [6.07, 6.45) is 0. The van der Waals surface area contributed by atoms with E-state index in [0.29, 0.717) is 18.7 Å². The van der Waals surface area contributed by atoms with Crippen LogP contribution in [0.4, 0.5) is 10.3 Å². The number of carbonyl (C=O) groups is 1. The first-order valence-electron chi connectivity index (χ1n) is 11.1. The van der Waals surface area contributed by atoms with E-state index in [1.54, 1.807) is 46.2 Å². The Bertz CT molecular complexity index is 1450. The van der Waals surface area contributed by atoms with Crippen LogP contribution >= 0.6 is 0 Å². The van der Waals surface area contributed by atoms with Gasteiger partial charge in [0.15, 0.2) is 0 Å². The van der Waals surface area contributed by atoms with Crippen LogP contribution in [0.2, 0.25) is 0 Å². The predicted octanol–water partition coefficient (Wildman–Crippen LogP) is 4.28. The highest BCUT2D eigenvalue weighted by Gasteiger charge is 2.33. The summed E-state index contributed by atoms with van der Waals surface area (Å²) in [5.74, 6) is -0.646. The molecule has 5 rings (SSSR count). The number of halogens is 1. The van der Waals surface area contributed by atoms with Gasteiger partial charge in [0.05, 0.1) is 10.5 Å². The largest absolute Gasteiger partial charge is 0.419 e. The molecule has 7 nitrogen and oxygen atoms in total. The minimum Gasteiger partial charge on any atom is -0.419 e. The van der Waals surface area contributed by atoms with E-state index in [9.17, 15) is 17.6 Å². The van der Waals surface area contributed by atoms with Crippen molar-refractivity contribution in [2.24, 2.45) is 0 Å². The highest BCUT2D eigenvalue weighted by Crippen LogP contribution is 2.35. The topological polar surface area (TPSA) is 83.7 Å². The van der Waals surface area contributed by atoms with Gasteiger partial charge in [-0.2, -0.15) is 4.98 Å². The normalized spacial score (nSPS) is 14.2. The molecular weight excluding hydrogens is 469 g/mol. The van der Waals surface area contributed by atoms with Crippen molar-refractivity contribution >= 4 is 21.6 Å². The number of oxazole rings is 1. The molecule has 1 amide bonds. The maximum atomic E-state index is 14.1. The molecule has 0 bridgehead atoms. The lowest BCUT2D eigenvalue weighted by Crippen LogP contribution is -2.49. The summed E-state index contributed by atoms with van der Waals surface area (Å²) in [5, 5.41) is -0.170. The van der Waals surface area contributed by atoms with E-state index in [1.807, 2.05) is 18.2 Å². The van der Waals surface area contributed by atoms with Crippen LogP contribution in [0.1, 0.15) is 10.4 Å². The van der Waals surface area contributed by atoms with E-state index in [4.69, 9.17) is 4.42 Å². The van der Waals surface area contributed by atoms with Gasteiger partial charge >= 0.3 is 0 Å². The van der Waals surface area contributed by atoms with Crippen molar-refractivity contribution in [3.63, 3.8) is 0 Å². The molecule has 4 aromatic rings. The van der Waals surface area contributed by atoms with E-state index in [0.717, 1.165) is 0 Å². The fraction of sp³-hybridized carbons (Fsp3) is 0.154. The van der Waals surface area contributed by atoms with Crippen LogP contribution in [-0.2, 0) is 9.84 Å². The Hall–Kier alpha value is -3.98. The summed E-state index contributed by atoms with van der Waals surface area (Å²) in [6.45, 7) is 1.17. The maximum Gasteiger partial charge on any atom is 0.256 e. The van der Waals surface area contributed by atoms with Gasteiger partial charge in [0.2, 0.25) is 26.6 Å². The Morgan fingerprint density at radius 2 is 1.43 bits per heavy atom. The average Bonchev–Trinajstić information content (AvgIpc) is 3.36. The van der Waals surface area contributed by atoms with Crippen LogP contribution in [0.25, 0.3) is 11.5 Å². The number of piperazine rings is 1. The zero-order chi connectivity index (χ0) is 24.4. The third-order valence-corrected chi connectivity index (χ3v) is 7.53. The third-order valence-electron chi connectivity index (χ3n) is 5.87. The van der Waals surface area contributed by atoms with Crippen LogP contribution in [0.3, 0.4) is 0 Å². The molecule has 0 atom stereocenters. The second kappa shape index (κ2) is 9.34. The second-order valence-electron chi connectivity index (χ2n) is 8.07. The number of sulfone groups is 1. The van der Waals surface area contributed by atoms with Crippen molar-refractivity contribution < 1.29 is 22.0 Å². The van der Waals surface area contributed by atoms with E-state index in [2.05, 4.69) is 4.98 Å². The van der Waals surface area contributed by atoms with Gasteiger partial charge in [0.25, 0.3) is 5.91 Å². The van der Waals surface area contributed by atoms with Crippen LogP contribution in [0, 0.1) is 5.82 Å². The first-order valence-corrected chi connectivity index (χ1v) is 12.6. The molecule has 0 saturated carbocycles. The molecule has 1 aliphatic rings. The van der Waals surface area contributed by atoms with E-state index >= 15 is 0 Å². The maximum absolute atomic E-state index is 14.1. The smallest absolute Gasteiger partial charge is 0.256 e. The van der Waals surface area contributed by atoms with Gasteiger partial charge in [-0.05, 0) is 36.4 Å². The van der Waals surface area contributed by atoms with Crippen LogP contribution in [0.5, 0.6) is 0 Å². The zero-order valence-electron chi connectivity index (χ0n) is 18.7. The summed E-state index contributed by atoms with van der Waals surface area (Å²) in [6, 6.07) is 23.0. The first-order chi connectivity index (χ1) is 16.9. The van der Waals surface area contributed by atoms with Crippen LogP contribution in [-0.4, -0.2) is 50.4 Å². The summed E-state index contributed by atoms with van der Waals surface area (Å²) in [4.78, 5) is 20.6. The van der Waals surface area contributed by atoms with Gasteiger partial charge in [0.1, 0.15) is 5.82 Å².